The molecule has 23 heteroatoms. The maximum absolute atomic E-state index is 13.8. The van der Waals surface area contributed by atoms with Gasteiger partial charge in [0.2, 0.25) is 5.91 Å². The monoisotopic (exact) mass is 1120 g/mol. The van der Waals surface area contributed by atoms with Crippen LogP contribution in [-0.4, -0.2) is 159 Å². The Bertz CT molecular complexity index is 2330. The molecule has 4 rings (SSSR count). The zero-order valence-electron chi connectivity index (χ0n) is 47.2. The maximum Gasteiger partial charge on any atom is 0.349 e. The Morgan fingerprint density at radius 1 is 0.603 bits per heavy atom. The second-order valence-electron chi connectivity index (χ2n) is 21.8. The Morgan fingerprint density at radius 3 is 1.59 bits per heavy atom. The summed E-state index contributed by atoms with van der Waals surface area (Å²) in [6.07, 6.45) is 4.22. The summed E-state index contributed by atoms with van der Waals surface area (Å²) in [6, 6.07) is 9.65. The number of carbonyl (C=O) groups is 7. The SMILES string of the molecule is CCOC(C)(C)CCNC(=O)COc1cc(OCC(=O)NCCC(C)(C)OCC(C)(C)C(=O)OO)cc(-c2cc(OCC(=O)NCCC(C)(C)OCC)cc(C(=O)NCCNC(=O)CCCC[C@@H]3SC[C@@H]4NC(=O)N[C@@H]43)c2)c1. The zero-order chi connectivity index (χ0) is 57.5. The number of amides is 7. The minimum Gasteiger partial charge on any atom is -0.484 e. The smallest absolute Gasteiger partial charge is 0.349 e. The van der Waals surface area contributed by atoms with Gasteiger partial charge >= 0.3 is 12.0 Å². The van der Waals surface area contributed by atoms with E-state index in [4.69, 9.17) is 33.7 Å². The second-order valence-corrected chi connectivity index (χ2v) is 23.0. The lowest BCUT2D eigenvalue weighted by atomic mass is 9.94. The van der Waals surface area contributed by atoms with Gasteiger partial charge in [-0.05, 0) is 143 Å². The van der Waals surface area contributed by atoms with Crippen molar-refractivity contribution in [3.63, 3.8) is 0 Å². The van der Waals surface area contributed by atoms with Gasteiger partial charge in [0.1, 0.15) is 17.2 Å². The minimum atomic E-state index is -1.11. The van der Waals surface area contributed by atoms with E-state index in [-0.39, 0.29) is 92.2 Å². The lowest BCUT2D eigenvalue weighted by Crippen LogP contribution is -2.39. The van der Waals surface area contributed by atoms with E-state index >= 15 is 0 Å². The van der Waals surface area contributed by atoms with Crippen molar-refractivity contribution in [1.82, 2.24) is 37.2 Å². The molecule has 2 aliphatic heterocycles. The highest BCUT2D eigenvalue weighted by Gasteiger charge is 2.42. The summed E-state index contributed by atoms with van der Waals surface area (Å²) in [5.74, 6) is -1.28. The molecule has 3 atom stereocenters. The molecule has 8 N–H and O–H groups in total. The van der Waals surface area contributed by atoms with E-state index in [1.165, 1.54) is 12.1 Å². The number of unbranched alkanes of at least 4 members (excludes halogenated alkanes) is 1. The van der Waals surface area contributed by atoms with Crippen LogP contribution >= 0.6 is 11.8 Å². The number of rotatable bonds is 36. The number of hydrogen-bond acceptors (Lipinski definition) is 16. The fourth-order valence-corrected chi connectivity index (χ4v) is 9.94. The molecule has 2 heterocycles. The van der Waals surface area contributed by atoms with Crippen LogP contribution in [0.25, 0.3) is 11.1 Å². The first-order valence-electron chi connectivity index (χ1n) is 26.8. The highest BCUT2D eigenvalue weighted by atomic mass is 32.2. The van der Waals surface area contributed by atoms with Crippen LogP contribution in [0.5, 0.6) is 17.2 Å². The van der Waals surface area contributed by atoms with Gasteiger partial charge in [-0.25, -0.2) is 9.59 Å². The molecule has 0 aromatic heterocycles. The molecule has 2 saturated heterocycles. The summed E-state index contributed by atoms with van der Waals surface area (Å²) in [6.45, 7) is 19.3. The molecule has 2 aromatic rings. The fraction of sp³-hybridized carbons (Fsp3) is 0.655. The van der Waals surface area contributed by atoms with Gasteiger partial charge in [-0.2, -0.15) is 17.0 Å². The van der Waals surface area contributed by atoms with Crippen molar-refractivity contribution in [2.45, 2.75) is 148 Å². The van der Waals surface area contributed by atoms with Crippen LogP contribution in [0.4, 0.5) is 4.79 Å². The van der Waals surface area contributed by atoms with E-state index in [1.807, 2.05) is 53.3 Å². The molecule has 22 nitrogen and oxygen atoms in total. The first kappa shape index (κ1) is 64.6. The molecule has 2 aliphatic rings. The molecule has 2 fully saturated rings. The summed E-state index contributed by atoms with van der Waals surface area (Å²) in [4.78, 5) is 93.3. The van der Waals surface area contributed by atoms with E-state index in [0.717, 1.165) is 18.6 Å². The largest absolute Gasteiger partial charge is 0.484 e. The van der Waals surface area contributed by atoms with Crippen molar-refractivity contribution in [3.05, 3.63) is 42.0 Å². The van der Waals surface area contributed by atoms with Gasteiger partial charge in [-0.15, -0.1) is 0 Å². The van der Waals surface area contributed by atoms with Crippen molar-refractivity contribution in [3.8, 4) is 28.4 Å². The molecule has 2 aromatic carbocycles. The normalized spacial score (nSPS) is 16.2. The van der Waals surface area contributed by atoms with Crippen LogP contribution in [-0.2, 0) is 43.1 Å². The fourth-order valence-electron chi connectivity index (χ4n) is 8.39. The summed E-state index contributed by atoms with van der Waals surface area (Å²) in [5, 5.41) is 29.3. The molecule has 0 spiro atoms. The summed E-state index contributed by atoms with van der Waals surface area (Å²) < 4.78 is 35.4. The van der Waals surface area contributed by atoms with Gasteiger partial charge in [0.15, 0.2) is 19.8 Å². The second kappa shape index (κ2) is 31.1. The first-order valence-corrected chi connectivity index (χ1v) is 27.9. The van der Waals surface area contributed by atoms with Crippen LogP contribution in [0.15, 0.2) is 36.4 Å². The number of nitrogens with one attached hydrogen (secondary N) is 7. The Hall–Kier alpha value is -5.88. The lowest BCUT2D eigenvalue weighted by Gasteiger charge is -2.30. The Labute approximate surface area is 463 Å². The highest BCUT2D eigenvalue weighted by Crippen LogP contribution is 2.35. The van der Waals surface area contributed by atoms with Crippen molar-refractivity contribution in [2.75, 3.05) is 78.1 Å². The number of fused-ring (bicyclic) bond motifs is 1. The van der Waals surface area contributed by atoms with Crippen molar-refractivity contribution < 1.29 is 72.1 Å². The molecule has 0 bridgehead atoms. The Balaban J connectivity index is 1.48. The Kier molecular flexibility index (Phi) is 25.7. The van der Waals surface area contributed by atoms with Crippen molar-refractivity contribution in [1.29, 1.82) is 0 Å². The Morgan fingerprint density at radius 2 is 1.08 bits per heavy atom. The van der Waals surface area contributed by atoms with Gasteiger partial charge in [-0.3, -0.25) is 24.0 Å². The van der Waals surface area contributed by atoms with E-state index in [9.17, 15) is 33.6 Å². The van der Waals surface area contributed by atoms with Gasteiger partial charge < -0.3 is 70.5 Å². The van der Waals surface area contributed by atoms with Gasteiger partial charge in [-0.1, -0.05) is 6.42 Å². The minimum absolute atomic E-state index is 0.0412. The van der Waals surface area contributed by atoms with Crippen LogP contribution < -0.4 is 51.4 Å². The van der Waals surface area contributed by atoms with Gasteiger partial charge in [0.25, 0.3) is 23.6 Å². The standard InChI is InChI=1S/C55H85N7O15S/c1-11-74-53(5,6)17-20-56-45(64)31-71-39-26-36(25-38(29-39)49(67)60-24-23-59-44(63)16-14-13-15-43-48-42(34-78-43)61-51(69)62-48)37-27-40(72-32-46(65)57-21-18-54(7,8)75-12-2)30-41(28-37)73-33-47(66)58-22-19-55(9,10)76-35-52(3,4)50(68)77-70/h25-30,42-43,48,70H,11-24,31-35H2,1-10H3,(H,56,64)(H,57,65)(H,58,66)(H,59,63)(H,60,67)(H2,61,62,69)/t42-,43-,48-/m0/s1. The maximum atomic E-state index is 13.8. The highest BCUT2D eigenvalue weighted by molar-refractivity contribution is 8.00. The average molecular weight is 1120 g/mol. The third-order valence-electron chi connectivity index (χ3n) is 13.0. The number of ether oxygens (including phenoxy) is 6. The number of benzene rings is 2. The zero-order valence-corrected chi connectivity index (χ0v) is 48.0. The van der Waals surface area contributed by atoms with E-state index in [1.54, 1.807) is 52.0 Å². The summed E-state index contributed by atoms with van der Waals surface area (Å²) >= 11 is 1.83. The number of thioether (sulfide) groups is 1. The molecule has 0 aliphatic carbocycles. The van der Waals surface area contributed by atoms with Crippen LogP contribution in [0, 0.1) is 5.41 Å². The molecule has 0 radical (unpaired) electrons. The quantitative estimate of drug-likeness (QED) is 0.0192. The summed E-state index contributed by atoms with van der Waals surface area (Å²) in [7, 11) is 0. The molecule has 0 unspecified atom stereocenters. The lowest BCUT2D eigenvalue weighted by molar-refractivity contribution is -0.247. The van der Waals surface area contributed by atoms with Gasteiger partial charge in [0, 0.05) is 75.0 Å². The van der Waals surface area contributed by atoms with E-state index < -0.39 is 52.5 Å². The van der Waals surface area contributed by atoms with Crippen LogP contribution in [0.3, 0.4) is 0 Å². The third kappa shape index (κ3) is 23.2. The molecular formula is C55H85N7O15S. The van der Waals surface area contributed by atoms with E-state index in [0.29, 0.717) is 74.8 Å². The number of urea groups is 1. The first-order chi connectivity index (χ1) is 36.8. The summed E-state index contributed by atoms with van der Waals surface area (Å²) in [5.41, 5.74) is -1.72. The molecule has 7 amide bonds. The molecule has 436 valence electrons. The van der Waals surface area contributed by atoms with Crippen molar-refractivity contribution >= 4 is 53.3 Å². The average Bonchev–Trinajstić information content (AvgIpc) is 3.94. The number of hydrogen-bond donors (Lipinski definition) is 8. The van der Waals surface area contributed by atoms with Crippen LogP contribution in [0.2, 0.25) is 0 Å². The molecular weight excluding hydrogens is 1030 g/mol. The molecule has 78 heavy (non-hydrogen) atoms. The predicted octanol–water partition coefficient (Wildman–Crippen LogP) is 5.05. The topological polar surface area (TPSA) is 289 Å². The third-order valence-corrected chi connectivity index (χ3v) is 14.5. The van der Waals surface area contributed by atoms with Gasteiger partial charge in [0.05, 0.1) is 40.9 Å². The molecule has 0 saturated carbocycles. The number of carbonyl (C=O) groups excluding carboxylic acids is 7. The van der Waals surface area contributed by atoms with Crippen LogP contribution in [0.1, 0.15) is 125 Å². The van der Waals surface area contributed by atoms with E-state index in [2.05, 4.69) is 42.1 Å². The van der Waals surface area contributed by atoms with Crippen molar-refractivity contribution in [2.24, 2.45) is 5.41 Å². The predicted molar refractivity (Wildman–Crippen MR) is 294 cm³/mol.